The van der Waals surface area contributed by atoms with E-state index in [-0.39, 0.29) is 5.69 Å². The summed E-state index contributed by atoms with van der Waals surface area (Å²) in [4.78, 5) is 14.8. The zero-order valence-electron chi connectivity index (χ0n) is 7.19. The van der Waals surface area contributed by atoms with Crippen LogP contribution < -0.4 is 5.69 Å². The third-order valence-corrected chi connectivity index (χ3v) is 3.28. The lowest BCUT2D eigenvalue weighted by Gasteiger charge is -2.19. The summed E-state index contributed by atoms with van der Waals surface area (Å²) in [5, 5.41) is 6.04. The Morgan fingerprint density at radius 1 is 1.46 bits per heavy atom. The van der Waals surface area contributed by atoms with Gasteiger partial charge < -0.3 is 0 Å². The van der Waals surface area contributed by atoms with Crippen molar-refractivity contribution in [2.24, 2.45) is 0 Å². The van der Waals surface area contributed by atoms with Crippen molar-refractivity contribution < 1.29 is 0 Å². The van der Waals surface area contributed by atoms with Crippen molar-refractivity contribution in [2.45, 2.75) is 18.8 Å². The molecule has 0 aliphatic carbocycles. The van der Waals surface area contributed by atoms with E-state index in [1.807, 2.05) is 11.8 Å². The zero-order chi connectivity index (χ0) is 9.10. The van der Waals surface area contributed by atoms with Gasteiger partial charge in [0.2, 0.25) is 0 Å². The maximum Gasteiger partial charge on any atom is 0.361 e. The second-order valence-corrected chi connectivity index (χ2v) is 4.32. The molecule has 0 saturated carbocycles. The fourth-order valence-electron chi connectivity index (χ4n) is 1.51. The number of aromatic amines is 1. The van der Waals surface area contributed by atoms with Gasteiger partial charge in [0.05, 0.1) is 11.9 Å². The molecule has 0 aromatic carbocycles. The molecule has 2 rings (SSSR count). The van der Waals surface area contributed by atoms with Crippen LogP contribution in [0.15, 0.2) is 11.0 Å². The van der Waals surface area contributed by atoms with E-state index in [4.69, 9.17) is 0 Å². The fourth-order valence-corrected chi connectivity index (χ4v) is 2.62. The van der Waals surface area contributed by atoms with Crippen LogP contribution in [0.3, 0.4) is 0 Å². The maximum absolute atomic E-state index is 10.9. The Kier molecular flexibility index (Phi) is 2.63. The smallest absolute Gasteiger partial charge is 0.244 e. The van der Waals surface area contributed by atoms with Crippen LogP contribution in [0.25, 0.3) is 0 Å². The van der Waals surface area contributed by atoms with Gasteiger partial charge in [-0.1, -0.05) is 0 Å². The van der Waals surface area contributed by atoms with E-state index in [9.17, 15) is 4.79 Å². The fraction of sp³-hybridized carbons (Fsp3) is 0.625. The van der Waals surface area contributed by atoms with Gasteiger partial charge in [0, 0.05) is 5.92 Å². The first-order chi connectivity index (χ1) is 6.36. The molecule has 1 aromatic rings. The molecule has 4 nitrogen and oxygen atoms in total. The molecule has 1 N–H and O–H groups in total. The van der Waals surface area contributed by atoms with Gasteiger partial charge in [-0.05, 0) is 24.3 Å². The summed E-state index contributed by atoms with van der Waals surface area (Å²) in [6.07, 6.45) is 3.90. The van der Waals surface area contributed by atoms with E-state index in [0.717, 1.165) is 18.5 Å². The minimum atomic E-state index is -0.337. The molecule has 5 heteroatoms. The summed E-state index contributed by atoms with van der Waals surface area (Å²) in [6, 6.07) is 0. The summed E-state index contributed by atoms with van der Waals surface area (Å²) in [5.74, 6) is 2.77. The van der Waals surface area contributed by atoms with Gasteiger partial charge in [0.15, 0.2) is 0 Å². The molecule has 0 atom stereocenters. The van der Waals surface area contributed by atoms with E-state index in [1.165, 1.54) is 11.5 Å². The summed E-state index contributed by atoms with van der Waals surface area (Å²) in [5.41, 5.74) is 0.514. The largest absolute Gasteiger partial charge is 0.361 e. The van der Waals surface area contributed by atoms with Crippen molar-refractivity contribution in [3.8, 4) is 0 Å². The first kappa shape index (κ1) is 8.74. The van der Waals surface area contributed by atoms with Crippen LogP contribution >= 0.6 is 11.8 Å². The topological polar surface area (TPSA) is 58.6 Å². The predicted octanol–water partition coefficient (Wildman–Crippen LogP) is 0.775. The lowest BCUT2D eigenvalue weighted by Crippen LogP contribution is -2.18. The summed E-state index contributed by atoms with van der Waals surface area (Å²) in [6.45, 7) is 0. The molecule has 0 amide bonds. The van der Waals surface area contributed by atoms with Crippen molar-refractivity contribution in [2.75, 3.05) is 11.5 Å². The number of H-pyrrole nitrogens is 1. The van der Waals surface area contributed by atoms with Crippen LogP contribution in [0.5, 0.6) is 0 Å². The third kappa shape index (κ3) is 2.09. The zero-order valence-corrected chi connectivity index (χ0v) is 8.01. The van der Waals surface area contributed by atoms with Gasteiger partial charge in [0.25, 0.3) is 0 Å². The first-order valence-corrected chi connectivity index (χ1v) is 5.51. The Labute approximate surface area is 80.2 Å². The van der Waals surface area contributed by atoms with Crippen LogP contribution in [0, 0.1) is 0 Å². The summed E-state index contributed by atoms with van der Waals surface area (Å²) in [7, 11) is 0. The average molecular weight is 197 g/mol. The molecule has 1 fully saturated rings. The van der Waals surface area contributed by atoms with Crippen LogP contribution in [-0.4, -0.2) is 26.7 Å². The van der Waals surface area contributed by atoms with Crippen LogP contribution in [0.4, 0.5) is 0 Å². The van der Waals surface area contributed by atoms with Crippen molar-refractivity contribution in [1.82, 2.24) is 15.2 Å². The molecule has 0 radical (unpaired) electrons. The minimum Gasteiger partial charge on any atom is -0.244 e. The second kappa shape index (κ2) is 3.91. The van der Waals surface area contributed by atoms with Crippen LogP contribution in [-0.2, 0) is 0 Å². The molecule has 1 saturated heterocycles. The summed E-state index contributed by atoms with van der Waals surface area (Å²) >= 11 is 1.96. The van der Waals surface area contributed by atoms with Crippen LogP contribution in [0.2, 0.25) is 0 Å². The lowest BCUT2D eigenvalue weighted by molar-refractivity contribution is 0.606. The number of hydrogen-bond donors (Lipinski definition) is 1. The van der Waals surface area contributed by atoms with Gasteiger partial charge in [-0.3, -0.25) is 0 Å². The molecule has 0 unspecified atom stereocenters. The average Bonchev–Trinajstić information content (AvgIpc) is 2.19. The van der Waals surface area contributed by atoms with Crippen molar-refractivity contribution in [3.05, 3.63) is 22.4 Å². The standard InChI is InChI=1S/C8H11N3OS/c12-8-10-7(5-9-11-8)6-1-3-13-4-2-6/h5-6H,1-4H2,(H,10,11,12). The van der Waals surface area contributed by atoms with E-state index < -0.39 is 0 Å². The Hall–Kier alpha value is -0.840. The van der Waals surface area contributed by atoms with Crippen molar-refractivity contribution >= 4 is 11.8 Å². The Balaban J connectivity index is 2.19. The molecular formula is C8H11N3OS. The normalized spacial score (nSPS) is 18.8. The molecule has 1 aliphatic rings. The van der Waals surface area contributed by atoms with Gasteiger partial charge in [0.1, 0.15) is 0 Å². The number of nitrogens with zero attached hydrogens (tertiary/aromatic N) is 2. The molecule has 0 spiro atoms. The SMILES string of the molecule is O=c1nc(C2CCSCC2)cn[nH]1. The molecular weight excluding hydrogens is 186 g/mol. The molecule has 13 heavy (non-hydrogen) atoms. The highest BCUT2D eigenvalue weighted by Crippen LogP contribution is 2.29. The number of rotatable bonds is 1. The molecule has 1 aliphatic heterocycles. The van der Waals surface area contributed by atoms with Crippen LogP contribution in [0.1, 0.15) is 24.5 Å². The first-order valence-electron chi connectivity index (χ1n) is 4.35. The highest BCUT2D eigenvalue weighted by atomic mass is 32.2. The summed E-state index contributed by atoms with van der Waals surface area (Å²) < 4.78 is 0. The number of thioether (sulfide) groups is 1. The quantitative estimate of drug-likeness (QED) is 0.722. The second-order valence-electron chi connectivity index (χ2n) is 3.10. The highest BCUT2D eigenvalue weighted by molar-refractivity contribution is 7.99. The van der Waals surface area contributed by atoms with Crippen molar-refractivity contribution in [3.63, 3.8) is 0 Å². The van der Waals surface area contributed by atoms with Gasteiger partial charge in [-0.2, -0.15) is 21.8 Å². The van der Waals surface area contributed by atoms with Gasteiger partial charge in [-0.15, -0.1) is 0 Å². The lowest BCUT2D eigenvalue weighted by atomic mass is 10.00. The van der Waals surface area contributed by atoms with E-state index in [2.05, 4.69) is 15.2 Å². The Bertz CT molecular complexity index is 332. The molecule has 2 heterocycles. The molecule has 70 valence electrons. The number of aromatic nitrogens is 3. The minimum absolute atomic E-state index is 0.337. The van der Waals surface area contributed by atoms with Gasteiger partial charge >= 0.3 is 5.69 Å². The third-order valence-electron chi connectivity index (χ3n) is 2.23. The van der Waals surface area contributed by atoms with E-state index >= 15 is 0 Å². The van der Waals surface area contributed by atoms with E-state index in [1.54, 1.807) is 6.20 Å². The Morgan fingerprint density at radius 3 is 2.92 bits per heavy atom. The van der Waals surface area contributed by atoms with Gasteiger partial charge in [-0.25, -0.2) is 9.89 Å². The predicted molar refractivity (Wildman–Crippen MR) is 52.0 cm³/mol. The van der Waals surface area contributed by atoms with E-state index in [0.29, 0.717) is 5.92 Å². The molecule has 0 bridgehead atoms. The van der Waals surface area contributed by atoms with Crippen molar-refractivity contribution in [1.29, 1.82) is 0 Å². The highest BCUT2D eigenvalue weighted by Gasteiger charge is 2.17. The Morgan fingerprint density at radius 2 is 2.23 bits per heavy atom. The molecule has 1 aromatic heterocycles. The number of nitrogens with one attached hydrogen (secondary N) is 1. The number of hydrogen-bond acceptors (Lipinski definition) is 4. The maximum atomic E-state index is 10.9. The monoisotopic (exact) mass is 197 g/mol.